The summed E-state index contributed by atoms with van der Waals surface area (Å²) in [6.45, 7) is 1.96. The van der Waals surface area contributed by atoms with Gasteiger partial charge < -0.3 is 19.2 Å². The number of fused-ring (bicyclic) bond motifs is 1. The minimum absolute atomic E-state index is 0.102. The van der Waals surface area contributed by atoms with E-state index in [2.05, 4.69) is 10.1 Å². The second kappa shape index (κ2) is 8.77. The summed E-state index contributed by atoms with van der Waals surface area (Å²) in [6, 6.07) is 3.09. The number of halogens is 3. The first-order chi connectivity index (χ1) is 17.5. The van der Waals surface area contributed by atoms with Crippen LogP contribution < -0.4 is 11.1 Å². The number of rotatable bonds is 5. The highest BCUT2D eigenvalue weighted by atomic mass is 19.4. The largest absolute Gasteiger partial charge is 0.504 e. The Morgan fingerprint density at radius 1 is 1.14 bits per heavy atom. The van der Waals surface area contributed by atoms with Gasteiger partial charge in [0.2, 0.25) is 0 Å². The van der Waals surface area contributed by atoms with Crippen LogP contribution in [-0.4, -0.2) is 35.6 Å². The van der Waals surface area contributed by atoms with Crippen molar-refractivity contribution < 1.29 is 18.3 Å². The van der Waals surface area contributed by atoms with E-state index < -0.39 is 11.7 Å². The predicted molar refractivity (Wildman–Crippen MR) is 133 cm³/mol. The summed E-state index contributed by atoms with van der Waals surface area (Å²) < 4.78 is 42.0. The van der Waals surface area contributed by atoms with Crippen molar-refractivity contribution in [1.29, 1.82) is 0 Å². The summed E-state index contributed by atoms with van der Waals surface area (Å²) in [5.74, 6) is 0. The first-order valence-corrected chi connectivity index (χ1v) is 11.6. The zero-order chi connectivity index (χ0) is 26.5. The van der Waals surface area contributed by atoms with E-state index in [9.17, 15) is 27.9 Å². The highest BCUT2D eigenvalue weighted by molar-refractivity contribution is 5.98. The summed E-state index contributed by atoms with van der Waals surface area (Å²) >= 11 is 0. The molecule has 4 aromatic heterocycles. The molecule has 1 atom stereocenters. The van der Waals surface area contributed by atoms with E-state index in [4.69, 9.17) is 0 Å². The fraction of sp³-hybridized carbons (Fsp3) is 0.269. The van der Waals surface area contributed by atoms with Crippen LogP contribution in [0, 0.1) is 0 Å². The van der Waals surface area contributed by atoms with Crippen LogP contribution in [0.25, 0.3) is 33.3 Å². The summed E-state index contributed by atoms with van der Waals surface area (Å²) in [6.07, 6.45) is 9.19. The van der Waals surface area contributed by atoms with Gasteiger partial charge in [-0.05, 0) is 23.6 Å². The molecule has 1 unspecified atom stereocenters. The third-order valence-electron chi connectivity index (χ3n) is 6.74. The lowest BCUT2D eigenvalue weighted by atomic mass is 9.75. The van der Waals surface area contributed by atoms with Crippen LogP contribution in [0.1, 0.15) is 18.9 Å². The lowest BCUT2D eigenvalue weighted by Gasteiger charge is -2.30. The van der Waals surface area contributed by atoms with E-state index in [1.54, 1.807) is 25.5 Å². The number of alkyl halides is 3. The number of hydrogen-bond acceptors (Lipinski definition) is 4. The molecule has 0 bridgehead atoms. The van der Waals surface area contributed by atoms with Crippen molar-refractivity contribution in [1.82, 2.24) is 23.9 Å². The number of aromatic nitrogens is 5. The van der Waals surface area contributed by atoms with Crippen LogP contribution >= 0.6 is 0 Å². The molecule has 2 N–H and O–H groups in total. The summed E-state index contributed by atoms with van der Waals surface area (Å²) in [5, 5.41) is 13.3. The highest BCUT2D eigenvalue weighted by Gasteiger charge is 2.32. The second-order valence-electron chi connectivity index (χ2n) is 9.34. The zero-order valence-corrected chi connectivity index (χ0v) is 20.1. The van der Waals surface area contributed by atoms with Gasteiger partial charge in [0.1, 0.15) is 5.52 Å². The van der Waals surface area contributed by atoms with Crippen molar-refractivity contribution in [2.75, 3.05) is 6.61 Å². The molecule has 11 heteroatoms. The molecular formula is C26H24F3N5O3. The maximum absolute atomic E-state index is 13.1. The maximum atomic E-state index is 13.1. The normalized spacial score (nSPS) is 17.7. The Hall–Kier alpha value is -4.12. The van der Waals surface area contributed by atoms with E-state index in [0.29, 0.717) is 22.9 Å². The Morgan fingerprint density at radius 3 is 2.57 bits per heavy atom. The van der Waals surface area contributed by atoms with Gasteiger partial charge >= 0.3 is 6.30 Å². The summed E-state index contributed by atoms with van der Waals surface area (Å²) in [7, 11) is 1.57. The quantitative estimate of drug-likeness (QED) is 0.426. The second-order valence-corrected chi connectivity index (χ2v) is 9.34. The average Bonchev–Trinajstić information content (AvgIpc) is 3.51. The molecule has 0 amide bonds. The average molecular weight is 512 g/mol. The van der Waals surface area contributed by atoms with Crippen LogP contribution in [0.15, 0.2) is 70.8 Å². The monoisotopic (exact) mass is 511 g/mol. The summed E-state index contributed by atoms with van der Waals surface area (Å²) in [5.41, 5.74) is 1.46. The van der Waals surface area contributed by atoms with E-state index in [-0.39, 0.29) is 45.7 Å². The molecule has 4 heterocycles. The molecule has 4 aromatic rings. The number of nitrogens with one attached hydrogen (secondary N) is 1. The van der Waals surface area contributed by atoms with Gasteiger partial charge in [-0.25, -0.2) is 0 Å². The molecule has 0 spiro atoms. The number of nitrogens with zero attached hydrogens (tertiary/aromatic N) is 4. The van der Waals surface area contributed by atoms with Gasteiger partial charge in [-0.1, -0.05) is 31.2 Å². The first kappa shape index (κ1) is 24.6. The Kier molecular flexibility index (Phi) is 5.82. The van der Waals surface area contributed by atoms with Gasteiger partial charge in [0.15, 0.2) is 0 Å². The fourth-order valence-corrected chi connectivity index (χ4v) is 4.77. The molecule has 0 saturated carbocycles. The first-order valence-electron chi connectivity index (χ1n) is 11.6. The number of aromatic amines is 1. The Bertz CT molecular complexity index is 1690. The smallest absolute Gasteiger partial charge is 0.395 e. The van der Waals surface area contributed by atoms with Crippen LogP contribution in [-0.2, 0) is 25.3 Å². The SMILES string of the molecule is Cn1cc(-c2cc(=O)n(CCO)cc2C2(C)C=CC=CC2)c2cc(-c3cnn(C(F)(F)F)c3)[nH]c2c1=O. The lowest BCUT2D eigenvalue weighted by molar-refractivity contribution is -0.212. The van der Waals surface area contributed by atoms with E-state index >= 15 is 0 Å². The molecule has 8 nitrogen and oxygen atoms in total. The van der Waals surface area contributed by atoms with Crippen LogP contribution in [0.4, 0.5) is 13.2 Å². The van der Waals surface area contributed by atoms with Gasteiger partial charge in [0.25, 0.3) is 11.1 Å². The summed E-state index contributed by atoms with van der Waals surface area (Å²) in [4.78, 5) is 28.9. The molecule has 0 saturated heterocycles. The number of aliphatic hydroxyl groups excluding tert-OH is 1. The molecule has 1 aliphatic rings. The van der Waals surface area contributed by atoms with Crippen LogP contribution in [0.3, 0.4) is 0 Å². The van der Waals surface area contributed by atoms with Gasteiger partial charge in [0, 0.05) is 65.9 Å². The molecule has 192 valence electrons. The van der Waals surface area contributed by atoms with E-state index in [0.717, 1.165) is 18.0 Å². The van der Waals surface area contributed by atoms with Crippen molar-refractivity contribution in [3.63, 3.8) is 0 Å². The lowest BCUT2D eigenvalue weighted by Crippen LogP contribution is -2.28. The molecule has 0 aromatic carbocycles. The fourth-order valence-electron chi connectivity index (χ4n) is 4.77. The van der Waals surface area contributed by atoms with Crippen molar-refractivity contribution in [2.24, 2.45) is 7.05 Å². The minimum atomic E-state index is -4.67. The van der Waals surface area contributed by atoms with Gasteiger partial charge in [-0.15, -0.1) is 13.2 Å². The van der Waals surface area contributed by atoms with Crippen LogP contribution in [0.5, 0.6) is 0 Å². The highest BCUT2D eigenvalue weighted by Crippen LogP contribution is 2.40. The number of pyridine rings is 2. The Labute approximate surface area is 208 Å². The predicted octanol–water partition coefficient (Wildman–Crippen LogP) is 3.80. The molecule has 0 radical (unpaired) electrons. The molecule has 0 aliphatic heterocycles. The molecule has 1 aliphatic carbocycles. The molecule has 5 rings (SSSR count). The van der Waals surface area contributed by atoms with Gasteiger partial charge in [-0.2, -0.15) is 9.78 Å². The van der Waals surface area contributed by atoms with Crippen molar-refractivity contribution in [2.45, 2.75) is 31.6 Å². The standard InChI is InChI=1S/C26H24F3N5O3/c1-25(6-4-3-5-7-25)20-15-33(8-9-35)22(36)11-17(20)19-14-32(2)24(37)23-18(19)10-21(31-23)16-12-30-34(13-16)26(27,28)29/h3-6,10-15,31,35H,7-9H2,1-2H3. The third kappa shape index (κ3) is 4.25. The molecular weight excluding hydrogens is 487 g/mol. The van der Waals surface area contributed by atoms with Crippen LogP contribution in [0.2, 0.25) is 0 Å². The van der Waals surface area contributed by atoms with E-state index in [1.165, 1.54) is 15.2 Å². The number of aryl methyl sites for hydroxylation is 1. The van der Waals surface area contributed by atoms with Crippen molar-refractivity contribution in [3.05, 3.63) is 87.5 Å². The number of aliphatic hydroxyl groups is 1. The maximum Gasteiger partial charge on any atom is 0.504 e. The zero-order valence-electron chi connectivity index (χ0n) is 20.1. The van der Waals surface area contributed by atoms with E-state index in [1.807, 2.05) is 31.2 Å². The van der Waals surface area contributed by atoms with Crippen molar-refractivity contribution >= 4 is 10.9 Å². The van der Waals surface area contributed by atoms with Gasteiger partial charge in [-0.3, -0.25) is 9.59 Å². The molecule has 37 heavy (non-hydrogen) atoms. The van der Waals surface area contributed by atoms with Crippen molar-refractivity contribution in [3.8, 4) is 22.4 Å². The topological polar surface area (TPSA) is 97.8 Å². The minimum Gasteiger partial charge on any atom is -0.395 e. The number of hydrogen-bond donors (Lipinski definition) is 2. The third-order valence-corrected chi connectivity index (χ3v) is 6.74. The number of allylic oxidation sites excluding steroid dienone is 4. The van der Waals surface area contributed by atoms with Gasteiger partial charge in [0.05, 0.1) is 12.8 Å². The molecule has 0 fully saturated rings. The Balaban J connectivity index is 1.77. The Morgan fingerprint density at radius 2 is 1.92 bits per heavy atom. The number of H-pyrrole nitrogens is 1.